The first-order valence-electron chi connectivity index (χ1n) is 8.32. The van der Waals surface area contributed by atoms with E-state index in [0.717, 1.165) is 5.56 Å². The number of hydrogen-bond acceptors (Lipinski definition) is 3. The van der Waals surface area contributed by atoms with Gasteiger partial charge in [-0.3, -0.25) is 0 Å². The maximum Gasteiger partial charge on any atom is 0.343 e. The Morgan fingerprint density at radius 1 is 1.04 bits per heavy atom. The summed E-state index contributed by atoms with van der Waals surface area (Å²) in [7, 11) is 0. The number of rotatable bonds is 4. The lowest BCUT2D eigenvalue weighted by molar-refractivity contribution is 0.0734. The number of hydrogen-bond donors (Lipinski definition) is 0. The van der Waals surface area contributed by atoms with Gasteiger partial charge in [-0.15, -0.1) is 0 Å². The molecule has 0 atom stereocenters. The van der Waals surface area contributed by atoms with Gasteiger partial charge in [-0.1, -0.05) is 48.0 Å². The van der Waals surface area contributed by atoms with E-state index >= 15 is 0 Å². The minimum atomic E-state index is -0.465. The molecule has 0 fully saturated rings. The standard InChI is InChI=1S/C23H16FNO2/c1-16-6-4-8-18(12-16)23(26)27-20-9-5-7-17(14-20)13-19(15-25)21-10-2-3-11-22(21)24/h2-14H,1H3/b19-13-. The van der Waals surface area contributed by atoms with E-state index in [4.69, 9.17) is 4.74 Å². The number of carbonyl (C=O) groups excluding carboxylic acids is 1. The molecule has 3 aromatic rings. The molecule has 0 aliphatic heterocycles. The maximum absolute atomic E-state index is 13.9. The van der Waals surface area contributed by atoms with E-state index in [2.05, 4.69) is 0 Å². The van der Waals surface area contributed by atoms with Gasteiger partial charge in [0.05, 0.1) is 17.2 Å². The molecule has 3 rings (SSSR count). The van der Waals surface area contributed by atoms with Crippen LogP contribution in [0, 0.1) is 24.1 Å². The second-order valence-electron chi connectivity index (χ2n) is 5.98. The zero-order valence-corrected chi connectivity index (χ0v) is 14.6. The Bertz CT molecular complexity index is 1060. The Morgan fingerprint density at radius 2 is 1.81 bits per heavy atom. The van der Waals surface area contributed by atoms with Crippen LogP contribution in [0.1, 0.15) is 27.0 Å². The first-order valence-corrected chi connectivity index (χ1v) is 8.32. The topological polar surface area (TPSA) is 50.1 Å². The summed E-state index contributed by atoms with van der Waals surface area (Å²) in [6.07, 6.45) is 1.56. The van der Waals surface area contributed by atoms with Crippen molar-refractivity contribution in [3.8, 4) is 11.8 Å². The second kappa shape index (κ2) is 8.11. The summed E-state index contributed by atoms with van der Waals surface area (Å²) in [4.78, 5) is 12.3. The van der Waals surface area contributed by atoms with Gasteiger partial charge in [0.25, 0.3) is 0 Å². The average Bonchev–Trinajstić information content (AvgIpc) is 2.67. The van der Waals surface area contributed by atoms with Gasteiger partial charge in [0.15, 0.2) is 0 Å². The molecule has 0 saturated carbocycles. The fourth-order valence-electron chi connectivity index (χ4n) is 2.62. The van der Waals surface area contributed by atoms with Gasteiger partial charge >= 0.3 is 5.97 Å². The van der Waals surface area contributed by atoms with Gasteiger partial charge in [-0.05, 0) is 48.9 Å². The Morgan fingerprint density at radius 3 is 2.56 bits per heavy atom. The molecule has 0 aliphatic carbocycles. The van der Waals surface area contributed by atoms with Crippen LogP contribution in [-0.4, -0.2) is 5.97 Å². The molecule has 0 saturated heterocycles. The van der Waals surface area contributed by atoms with Gasteiger partial charge in [0, 0.05) is 5.56 Å². The quantitative estimate of drug-likeness (QED) is 0.271. The van der Waals surface area contributed by atoms with Crippen molar-refractivity contribution in [3.05, 3.63) is 101 Å². The van der Waals surface area contributed by atoms with Gasteiger partial charge in [0.1, 0.15) is 11.6 Å². The highest BCUT2D eigenvalue weighted by molar-refractivity contribution is 5.92. The molecule has 0 aromatic heterocycles. The molecule has 3 nitrogen and oxygen atoms in total. The predicted octanol–water partition coefficient (Wildman–Crippen LogP) is 5.42. The van der Waals surface area contributed by atoms with Gasteiger partial charge in [-0.25, -0.2) is 9.18 Å². The van der Waals surface area contributed by atoms with Crippen LogP contribution < -0.4 is 4.74 Å². The highest BCUT2D eigenvalue weighted by atomic mass is 19.1. The molecular weight excluding hydrogens is 341 g/mol. The SMILES string of the molecule is Cc1cccc(C(=O)Oc2cccc(/C=C(/C#N)c3ccccc3F)c2)c1. The molecule has 3 aromatic carbocycles. The van der Waals surface area contributed by atoms with Crippen molar-refractivity contribution in [2.75, 3.05) is 0 Å². The van der Waals surface area contributed by atoms with Crippen molar-refractivity contribution < 1.29 is 13.9 Å². The van der Waals surface area contributed by atoms with E-state index < -0.39 is 11.8 Å². The molecular formula is C23H16FNO2. The van der Waals surface area contributed by atoms with Crippen molar-refractivity contribution in [1.82, 2.24) is 0 Å². The summed E-state index contributed by atoms with van der Waals surface area (Å²) < 4.78 is 19.4. The Labute approximate surface area is 157 Å². The molecule has 4 heteroatoms. The Hall–Kier alpha value is -3.71. The van der Waals surface area contributed by atoms with Crippen molar-refractivity contribution in [3.63, 3.8) is 0 Å². The van der Waals surface area contributed by atoms with E-state index in [1.54, 1.807) is 66.7 Å². The van der Waals surface area contributed by atoms with Crippen LogP contribution in [0.15, 0.2) is 72.8 Å². The van der Waals surface area contributed by atoms with E-state index in [0.29, 0.717) is 16.9 Å². The number of nitriles is 1. The molecule has 0 aliphatic rings. The normalized spacial score (nSPS) is 10.9. The number of aryl methyl sites for hydroxylation is 1. The predicted molar refractivity (Wildman–Crippen MR) is 102 cm³/mol. The molecule has 132 valence electrons. The fourth-order valence-corrected chi connectivity index (χ4v) is 2.62. The molecule has 0 unspecified atom stereocenters. The Balaban J connectivity index is 1.86. The summed E-state index contributed by atoms with van der Waals surface area (Å²) in [5.74, 6) is -0.581. The summed E-state index contributed by atoms with van der Waals surface area (Å²) in [6, 6.07) is 22.0. The molecule has 0 N–H and O–H groups in total. The number of ether oxygens (including phenoxy) is 1. The van der Waals surface area contributed by atoms with Crippen LogP contribution in [-0.2, 0) is 0 Å². The molecule has 0 bridgehead atoms. The molecule has 0 spiro atoms. The fraction of sp³-hybridized carbons (Fsp3) is 0.0435. The third-order valence-corrected chi connectivity index (χ3v) is 3.92. The highest BCUT2D eigenvalue weighted by Crippen LogP contribution is 2.23. The van der Waals surface area contributed by atoms with E-state index in [1.807, 2.05) is 19.1 Å². The highest BCUT2D eigenvalue weighted by Gasteiger charge is 2.10. The van der Waals surface area contributed by atoms with Gasteiger partial charge in [-0.2, -0.15) is 5.26 Å². The number of benzene rings is 3. The molecule has 27 heavy (non-hydrogen) atoms. The van der Waals surface area contributed by atoms with Gasteiger partial charge < -0.3 is 4.74 Å². The summed E-state index contributed by atoms with van der Waals surface area (Å²) >= 11 is 0. The lowest BCUT2D eigenvalue weighted by Crippen LogP contribution is -2.08. The maximum atomic E-state index is 13.9. The van der Waals surface area contributed by atoms with E-state index in [-0.39, 0.29) is 11.1 Å². The lowest BCUT2D eigenvalue weighted by atomic mass is 10.0. The Kier molecular flexibility index (Phi) is 5.44. The third kappa shape index (κ3) is 4.47. The summed E-state index contributed by atoms with van der Waals surface area (Å²) in [5, 5.41) is 9.38. The van der Waals surface area contributed by atoms with Crippen LogP contribution in [0.2, 0.25) is 0 Å². The van der Waals surface area contributed by atoms with Gasteiger partial charge in [0.2, 0.25) is 0 Å². The first-order chi connectivity index (χ1) is 13.1. The second-order valence-corrected chi connectivity index (χ2v) is 5.98. The van der Waals surface area contributed by atoms with Crippen molar-refractivity contribution in [2.24, 2.45) is 0 Å². The zero-order valence-electron chi connectivity index (χ0n) is 14.6. The van der Waals surface area contributed by atoms with Crippen molar-refractivity contribution in [2.45, 2.75) is 6.92 Å². The van der Waals surface area contributed by atoms with Crippen molar-refractivity contribution in [1.29, 1.82) is 5.26 Å². The van der Waals surface area contributed by atoms with Crippen LogP contribution >= 0.6 is 0 Å². The summed E-state index contributed by atoms with van der Waals surface area (Å²) in [5.41, 5.74) is 2.46. The van der Waals surface area contributed by atoms with Crippen LogP contribution in [0.4, 0.5) is 4.39 Å². The average molecular weight is 357 g/mol. The monoisotopic (exact) mass is 357 g/mol. The first kappa shape index (κ1) is 18.1. The molecule has 0 radical (unpaired) electrons. The number of nitrogens with zero attached hydrogens (tertiary/aromatic N) is 1. The number of esters is 1. The smallest absolute Gasteiger partial charge is 0.343 e. The minimum absolute atomic E-state index is 0.190. The number of carbonyl (C=O) groups is 1. The number of halogens is 1. The zero-order chi connectivity index (χ0) is 19.2. The van der Waals surface area contributed by atoms with Crippen molar-refractivity contribution >= 4 is 17.6 Å². The van der Waals surface area contributed by atoms with Crippen LogP contribution in [0.25, 0.3) is 11.6 Å². The van der Waals surface area contributed by atoms with Crippen LogP contribution in [0.3, 0.4) is 0 Å². The lowest BCUT2D eigenvalue weighted by Gasteiger charge is -2.06. The number of allylic oxidation sites excluding steroid dienone is 1. The molecule has 0 amide bonds. The minimum Gasteiger partial charge on any atom is -0.423 e. The third-order valence-electron chi connectivity index (χ3n) is 3.92. The largest absolute Gasteiger partial charge is 0.423 e. The van der Waals surface area contributed by atoms with E-state index in [9.17, 15) is 14.4 Å². The summed E-state index contributed by atoms with van der Waals surface area (Å²) in [6.45, 7) is 1.90. The van der Waals surface area contributed by atoms with E-state index in [1.165, 1.54) is 6.07 Å². The molecule has 0 heterocycles. The van der Waals surface area contributed by atoms with Crippen LogP contribution in [0.5, 0.6) is 5.75 Å².